The molecule has 1 aromatic heterocycles. The minimum Gasteiger partial charge on any atom is -0.493 e. The van der Waals surface area contributed by atoms with E-state index < -0.39 is 0 Å². The van der Waals surface area contributed by atoms with Gasteiger partial charge in [0.05, 0.1) is 20.0 Å². The van der Waals surface area contributed by atoms with Crippen molar-refractivity contribution < 1.29 is 14.3 Å². The maximum atomic E-state index is 12.2. The first-order chi connectivity index (χ1) is 9.65. The Morgan fingerprint density at radius 1 is 1.30 bits per heavy atom. The van der Waals surface area contributed by atoms with E-state index >= 15 is 0 Å². The predicted molar refractivity (Wildman–Crippen MR) is 77.8 cm³/mol. The molecular formula is C14H16N2O3S. The summed E-state index contributed by atoms with van der Waals surface area (Å²) in [7, 11) is 5.02. The minimum atomic E-state index is 0.0268. The van der Waals surface area contributed by atoms with Crippen molar-refractivity contribution in [1.82, 2.24) is 9.55 Å². The zero-order valence-electron chi connectivity index (χ0n) is 11.6. The van der Waals surface area contributed by atoms with Crippen LogP contribution in [-0.4, -0.2) is 35.3 Å². The van der Waals surface area contributed by atoms with Gasteiger partial charge >= 0.3 is 0 Å². The molecule has 1 heterocycles. The van der Waals surface area contributed by atoms with Crippen LogP contribution in [0.4, 0.5) is 0 Å². The maximum Gasteiger partial charge on any atom is 0.173 e. The molecule has 0 unspecified atom stereocenters. The molecule has 5 nitrogen and oxygen atoms in total. The van der Waals surface area contributed by atoms with E-state index in [-0.39, 0.29) is 5.78 Å². The van der Waals surface area contributed by atoms with Crippen LogP contribution in [0.5, 0.6) is 11.5 Å². The van der Waals surface area contributed by atoms with Crippen molar-refractivity contribution in [3.8, 4) is 11.5 Å². The smallest absolute Gasteiger partial charge is 0.173 e. The van der Waals surface area contributed by atoms with E-state index in [1.807, 2.05) is 17.8 Å². The molecule has 0 bridgehead atoms. The summed E-state index contributed by atoms with van der Waals surface area (Å²) in [6, 6.07) is 5.17. The van der Waals surface area contributed by atoms with Crippen LogP contribution in [0.2, 0.25) is 0 Å². The summed E-state index contributed by atoms with van der Waals surface area (Å²) in [5.41, 5.74) is 0.601. The lowest BCUT2D eigenvalue weighted by Gasteiger charge is -2.09. The highest BCUT2D eigenvalue weighted by molar-refractivity contribution is 7.99. The van der Waals surface area contributed by atoms with Gasteiger partial charge in [-0.25, -0.2) is 4.98 Å². The van der Waals surface area contributed by atoms with Crippen LogP contribution in [0.15, 0.2) is 35.7 Å². The first kappa shape index (κ1) is 14.5. The zero-order valence-corrected chi connectivity index (χ0v) is 12.4. The molecule has 0 N–H and O–H groups in total. The molecule has 0 aliphatic carbocycles. The lowest BCUT2D eigenvalue weighted by Crippen LogP contribution is -2.04. The number of carbonyl (C=O) groups excluding carboxylic acids is 1. The summed E-state index contributed by atoms with van der Waals surface area (Å²) in [5, 5.41) is 0.818. The van der Waals surface area contributed by atoms with Gasteiger partial charge < -0.3 is 14.0 Å². The SMILES string of the molecule is COc1ccc(C(=O)CSc2nccn2C)cc1OC. The Hall–Kier alpha value is -1.95. The highest BCUT2D eigenvalue weighted by Crippen LogP contribution is 2.28. The van der Waals surface area contributed by atoms with Crippen molar-refractivity contribution in [3.63, 3.8) is 0 Å². The number of methoxy groups -OCH3 is 2. The first-order valence-electron chi connectivity index (χ1n) is 6.01. The first-order valence-corrected chi connectivity index (χ1v) is 6.99. The van der Waals surface area contributed by atoms with E-state index in [1.54, 1.807) is 38.6 Å². The highest BCUT2D eigenvalue weighted by atomic mass is 32.2. The molecule has 0 spiro atoms. The molecule has 0 saturated heterocycles. The van der Waals surface area contributed by atoms with Gasteiger partial charge in [-0.15, -0.1) is 0 Å². The van der Waals surface area contributed by atoms with Crippen molar-refractivity contribution in [2.45, 2.75) is 5.16 Å². The van der Waals surface area contributed by atoms with Gasteiger partial charge in [0.1, 0.15) is 0 Å². The lowest BCUT2D eigenvalue weighted by atomic mass is 10.1. The summed E-state index contributed by atoms with van der Waals surface area (Å²) in [6.07, 6.45) is 3.56. The maximum absolute atomic E-state index is 12.2. The van der Waals surface area contributed by atoms with E-state index in [0.717, 1.165) is 5.16 Å². The van der Waals surface area contributed by atoms with Gasteiger partial charge in [0.25, 0.3) is 0 Å². The average Bonchev–Trinajstić information content (AvgIpc) is 2.89. The van der Waals surface area contributed by atoms with Crippen LogP contribution in [-0.2, 0) is 7.05 Å². The van der Waals surface area contributed by atoms with E-state index in [1.165, 1.54) is 11.8 Å². The largest absolute Gasteiger partial charge is 0.493 e. The van der Waals surface area contributed by atoms with E-state index in [2.05, 4.69) is 4.98 Å². The predicted octanol–water partition coefficient (Wildman–Crippen LogP) is 2.41. The third-order valence-corrected chi connectivity index (χ3v) is 3.87. The van der Waals surface area contributed by atoms with Crippen molar-refractivity contribution >= 4 is 17.5 Å². The van der Waals surface area contributed by atoms with Crippen LogP contribution in [0.3, 0.4) is 0 Å². The number of benzene rings is 1. The Kier molecular flexibility index (Phi) is 4.68. The van der Waals surface area contributed by atoms with E-state index in [9.17, 15) is 4.79 Å². The Morgan fingerprint density at radius 2 is 2.05 bits per heavy atom. The van der Waals surface area contributed by atoms with E-state index in [0.29, 0.717) is 22.8 Å². The average molecular weight is 292 g/mol. The van der Waals surface area contributed by atoms with E-state index in [4.69, 9.17) is 9.47 Å². The summed E-state index contributed by atoms with van der Waals surface area (Å²) < 4.78 is 12.2. The van der Waals surface area contributed by atoms with Crippen LogP contribution in [0.1, 0.15) is 10.4 Å². The van der Waals surface area contributed by atoms with Gasteiger partial charge in [0, 0.05) is 25.0 Å². The number of thioether (sulfide) groups is 1. The molecule has 0 atom stereocenters. The topological polar surface area (TPSA) is 53.3 Å². The Labute approximate surface area is 121 Å². The quantitative estimate of drug-likeness (QED) is 0.604. The fourth-order valence-corrected chi connectivity index (χ4v) is 2.54. The molecule has 20 heavy (non-hydrogen) atoms. The molecule has 6 heteroatoms. The van der Waals surface area contributed by atoms with Crippen LogP contribution in [0, 0.1) is 0 Å². The number of imidazole rings is 1. The van der Waals surface area contributed by atoms with Gasteiger partial charge in [0.15, 0.2) is 22.4 Å². The van der Waals surface area contributed by atoms with Crippen LogP contribution < -0.4 is 9.47 Å². The molecule has 106 valence electrons. The second-order valence-corrected chi connectivity index (χ2v) is 5.04. The number of hydrogen-bond donors (Lipinski definition) is 0. The molecular weight excluding hydrogens is 276 g/mol. The van der Waals surface area contributed by atoms with Gasteiger partial charge in [-0.2, -0.15) is 0 Å². The Bertz CT molecular complexity index is 610. The molecule has 0 radical (unpaired) electrons. The molecule has 0 amide bonds. The molecule has 0 aliphatic rings. The number of Topliss-reactive ketones (excluding diaryl/α,β-unsaturated/α-hetero) is 1. The van der Waals surface area contributed by atoms with Crippen molar-refractivity contribution in [2.75, 3.05) is 20.0 Å². The number of nitrogens with zero attached hydrogens (tertiary/aromatic N) is 2. The molecule has 0 fully saturated rings. The van der Waals surface area contributed by atoms with Gasteiger partial charge in [-0.3, -0.25) is 4.79 Å². The minimum absolute atomic E-state index is 0.0268. The number of ether oxygens (including phenoxy) is 2. The number of aryl methyl sites for hydroxylation is 1. The normalized spacial score (nSPS) is 10.3. The molecule has 1 aromatic carbocycles. The van der Waals surface area contributed by atoms with Crippen LogP contribution in [0.25, 0.3) is 0 Å². The Balaban J connectivity index is 2.07. The molecule has 0 aliphatic heterocycles. The van der Waals surface area contributed by atoms with Crippen LogP contribution >= 0.6 is 11.8 Å². The number of carbonyl (C=O) groups is 1. The number of hydrogen-bond acceptors (Lipinski definition) is 5. The lowest BCUT2D eigenvalue weighted by molar-refractivity contribution is 0.102. The number of rotatable bonds is 6. The van der Waals surface area contributed by atoms with Crippen molar-refractivity contribution in [2.24, 2.45) is 7.05 Å². The summed E-state index contributed by atoms with van der Waals surface area (Å²) in [5.74, 6) is 1.53. The Morgan fingerprint density at radius 3 is 2.65 bits per heavy atom. The molecule has 0 saturated carbocycles. The molecule has 2 aromatic rings. The summed E-state index contributed by atoms with van der Waals surface area (Å²) >= 11 is 1.41. The standard InChI is InChI=1S/C14H16N2O3S/c1-16-7-6-15-14(16)20-9-11(17)10-4-5-12(18-2)13(8-10)19-3/h4-8H,9H2,1-3H3. The molecule has 2 rings (SSSR count). The summed E-state index contributed by atoms with van der Waals surface area (Å²) in [6.45, 7) is 0. The van der Waals surface area contributed by atoms with Gasteiger partial charge in [-0.1, -0.05) is 11.8 Å². The van der Waals surface area contributed by atoms with Gasteiger partial charge in [0.2, 0.25) is 0 Å². The third kappa shape index (κ3) is 3.14. The summed E-state index contributed by atoms with van der Waals surface area (Å²) in [4.78, 5) is 16.3. The fraction of sp³-hybridized carbons (Fsp3) is 0.286. The van der Waals surface area contributed by atoms with Crippen molar-refractivity contribution in [3.05, 3.63) is 36.2 Å². The monoisotopic (exact) mass is 292 g/mol. The highest BCUT2D eigenvalue weighted by Gasteiger charge is 2.12. The third-order valence-electron chi connectivity index (χ3n) is 2.81. The zero-order chi connectivity index (χ0) is 14.5. The number of aromatic nitrogens is 2. The van der Waals surface area contributed by atoms with Crippen molar-refractivity contribution in [1.29, 1.82) is 0 Å². The van der Waals surface area contributed by atoms with Gasteiger partial charge in [-0.05, 0) is 18.2 Å². The second kappa shape index (κ2) is 6.47. The second-order valence-electron chi connectivity index (χ2n) is 4.10. The fourth-order valence-electron chi connectivity index (χ4n) is 1.71. The number of ketones is 1.